The molecule has 4 rings (SSSR count). The molecule has 0 aliphatic carbocycles. The van der Waals surface area contributed by atoms with E-state index in [1.807, 2.05) is 42.1 Å². The number of nitrogens with one attached hydrogen (secondary N) is 1. The lowest BCUT2D eigenvalue weighted by molar-refractivity contribution is 0.657. The van der Waals surface area contributed by atoms with Crippen molar-refractivity contribution in [3.8, 4) is 16.9 Å². The van der Waals surface area contributed by atoms with Crippen molar-refractivity contribution in [2.75, 3.05) is 7.05 Å². The van der Waals surface area contributed by atoms with Crippen LogP contribution in [0.15, 0.2) is 97.1 Å². The second kappa shape index (κ2) is 7.38. The number of hydrogen-bond donors (Lipinski definition) is 1. The predicted molar refractivity (Wildman–Crippen MR) is 106 cm³/mol. The van der Waals surface area contributed by atoms with Crippen molar-refractivity contribution in [3.63, 3.8) is 0 Å². The molecule has 128 valence electrons. The number of rotatable bonds is 5. The van der Waals surface area contributed by atoms with Crippen molar-refractivity contribution < 1.29 is 0 Å². The average molecular weight is 339 g/mol. The molecule has 1 unspecified atom stereocenters. The summed E-state index contributed by atoms with van der Waals surface area (Å²) < 4.78 is 2.03. The maximum Gasteiger partial charge on any atom is 0.0850 e. The number of aromatic nitrogens is 2. The van der Waals surface area contributed by atoms with Gasteiger partial charge in [-0.25, -0.2) is 4.68 Å². The molecule has 1 N–H and O–H groups in total. The predicted octanol–water partition coefficient (Wildman–Crippen LogP) is 4.85. The summed E-state index contributed by atoms with van der Waals surface area (Å²) in [6.45, 7) is 0. The smallest absolute Gasteiger partial charge is 0.0850 e. The van der Waals surface area contributed by atoms with Crippen LogP contribution in [0.3, 0.4) is 0 Å². The second-order valence-electron chi connectivity index (χ2n) is 6.20. The lowest BCUT2D eigenvalue weighted by atomic mass is 10.0. The van der Waals surface area contributed by atoms with Crippen LogP contribution in [0, 0.1) is 0 Å². The number of hydrogen-bond acceptors (Lipinski definition) is 2. The van der Waals surface area contributed by atoms with Crippen LogP contribution in [-0.4, -0.2) is 16.8 Å². The van der Waals surface area contributed by atoms with Gasteiger partial charge in [0.25, 0.3) is 0 Å². The largest absolute Gasteiger partial charge is 0.308 e. The molecule has 0 radical (unpaired) electrons. The van der Waals surface area contributed by atoms with Crippen molar-refractivity contribution in [1.29, 1.82) is 0 Å². The Morgan fingerprint density at radius 2 is 1.35 bits per heavy atom. The molecular formula is C23H21N3. The van der Waals surface area contributed by atoms with E-state index in [4.69, 9.17) is 5.10 Å². The van der Waals surface area contributed by atoms with Crippen LogP contribution in [0.4, 0.5) is 0 Å². The van der Waals surface area contributed by atoms with E-state index >= 15 is 0 Å². The molecule has 0 fully saturated rings. The summed E-state index contributed by atoms with van der Waals surface area (Å²) in [5, 5.41) is 8.36. The maximum absolute atomic E-state index is 4.96. The minimum atomic E-state index is 0.0450. The molecule has 0 spiro atoms. The van der Waals surface area contributed by atoms with Gasteiger partial charge < -0.3 is 5.32 Å². The molecule has 0 bridgehead atoms. The zero-order valence-corrected chi connectivity index (χ0v) is 14.7. The van der Waals surface area contributed by atoms with Crippen molar-refractivity contribution in [2.24, 2.45) is 0 Å². The molecule has 0 amide bonds. The van der Waals surface area contributed by atoms with Gasteiger partial charge in [-0.3, -0.25) is 0 Å². The van der Waals surface area contributed by atoms with Gasteiger partial charge >= 0.3 is 0 Å². The Hall–Kier alpha value is -3.17. The molecule has 0 saturated heterocycles. The summed E-state index contributed by atoms with van der Waals surface area (Å²) in [4.78, 5) is 0. The normalized spacial score (nSPS) is 12.0. The monoisotopic (exact) mass is 339 g/mol. The van der Waals surface area contributed by atoms with E-state index < -0.39 is 0 Å². The Bertz CT molecular complexity index is 903. The molecule has 26 heavy (non-hydrogen) atoms. The fourth-order valence-electron chi connectivity index (χ4n) is 3.25. The minimum Gasteiger partial charge on any atom is -0.308 e. The zero-order chi connectivity index (χ0) is 17.8. The minimum absolute atomic E-state index is 0.0450. The highest BCUT2D eigenvalue weighted by atomic mass is 15.3. The van der Waals surface area contributed by atoms with E-state index in [9.17, 15) is 0 Å². The van der Waals surface area contributed by atoms with Gasteiger partial charge in [-0.15, -0.1) is 0 Å². The van der Waals surface area contributed by atoms with Crippen LogP contribution in [0.25, 0.3) is 16.9 Å². The van der Waals surface area contributed by atoms with E-state index in [0.29, 0.717) is 0 Å². The van der Waals surface area contributed by atoms with Crippen LogP contribution in [0.2, 0.25) is 0 Å². The van der Waals surface area contributed by atoms with Crippen molar-refractivity contribution in [1.82, 2.24) is 15.1 Å². The van der Waals surface area contributed by atoms with Gasteiger partial charge in [0, 0.05) is 5.56 Å². The Labute approximate surface area is 153 Å². The Kier molecular flexibility index (Phi) is 4.63. The van der Waals surface area contributed by atoms with Gasteiger partial charge in [0.1, 0.15) is 0 Å². The van der Waals surface area contributed by atoms with Gasteiger partial charge in [-0.2, -0.15) is 5.10 Å². The van der Waals surface area contributed by atoms with E-state index in [2.05, 4.69) is 72.0 Å². The van der Waals surface area contributed by atoms with Crippen LogP contribution in [0.1, 0.15) is 17.3 Å². The topological polar surface area (TPSA) is 29.9 Å². The second-order valence-corrected chi connectivity index (χ2v) is 6.20. The lowest BCUT2D eigenvalue weighted by Crippen LogP contribution is -2.18. The first-order valence-electron chi connectivity index (χ1n) is 8.80. The van der Waals surface area contributed by atoms with Crippen molar-refractivity contribution in [2.45, 2.75) is 6.04 Å². The van der Waals surface area contributed by atoms with Crippen molar-refractivity contribution in [3.05, 3.63) is 108 Å². The van der Waals surface area contributed by atoms with E-state index in [0.717, 1.165) is 22.6 Å². The highest BCUT2D eigenvalue weighted by molar-refractivity contribution is 5.63. The number of benzene rings is 3. The molecule has 3 aromatic carbocycles. The van der Waals surface area contributed by atoms with Gasteiger partial charge in [0.2, 0.25) is 0 Å². The fraction of sp³-hybridized carbons (Fsp3) is 0.0870. The van der Waals surface area contributed by atoms with Crippen molar-refractivity contribution >= 4 is 0 Å². The van der Waals surface area contributed by atoms with Crippen LogP contribution >= 0.6 is 0 Å². The van der Waals surface area contributed by atoms with Gasteiger partial charge in [0.15, 0.2) is 0 Å². The summed E-state index contributed by atoms with van der Waals surface area (Å²) in [5.41, 5.74) is 5.50. The van der Waals surface area contributed by atoms with Crippen LogP contribution in [0.5, 0.6) is 0 Å². The number of para-hydroxylation sites is 1. The molecule has 1 atom stereocenters. The van der Waals surface area contributed by atoms with Crippen LogP contribution < -0.4 is 5.32 Å². The maximum atomic E-state index is 4.96. The lowest BCUT2D eigenvalue weighted by Gasteiger charge is -2.14. The summed E-state index contributed by atoms with van der Waals surface area (Å²) in [7, 11) is 1.97. The third-order valence-corrected chi connectivity index (χ3v) is 4.52. The summed E-state index contributed by atoms with van der Waals surface area (Å²) in [5.74, 6) is 0. The molecule has 1 aromatic heterocycles. The molecule has 3 heteroatoms. The van der Waals surface area contributed by atoms with Gasteiger partial charge in [-0.1, -0.05) is 78.9 Å². The average Bonchev–Trinajstić information content (AvgIpc) is 3.16. The third kappa shape index (κ3) is 3.17. The molecule has 3 nitrogen and oxygen atoms in total. The first-order chi connectivity index (χ1) is 12.9. The Morgan fingerprint density at radius 3 is 1.96 bits per heavy atom. The highest BCUT2D eigenvalue weighted by Crippen LogP contribution is 2.28. The molecule has 1 heterocycles. The Morgan fingerprint density at radius 1 is 0.769 bits per heavy atom. The van der Waals surface area contributed by atoms with E-state index in [1.54, 1.807) is 0 Å². The first-order valence-corrected chi connectivity index (χ1v) is 8.80. The number of nitrogens with zero attached hydrogens (tertiary/aromatic N) is 2. The third-order valence-electron chi connectivity index (χ3n) is 4.52. The summed E-state index contributed by atoms with van der Waals surface area (Å²) in [6.07, 6.45) is 0. The molecule has 0 aliphatic heterocycles. The van der Waals surface area contributed by atoms with Gasteiger partial charge in [0.05, 0.1) is 23.1 Å². The standard InChI is InChI=1S/C23H21N3/c1-24-23(19-13-7-3-8-14-19)21-17-22(18-11-5-2-6-12-18)26(25-21)20-15-9-4-10-16-20/h2-17,23-24H,1H3. The highest BCUT2D eigenvalue weighted by Gasteiger charge is 2.19. The first kappa shape index (κ1) is 16.3. The summed E-state index contributed by atoms with van der Waals surface area (Å²) in [6, 6.07) is 33.3. The van der Waals surface area contributed by atoms with E-state index in [1.165, 1.54) is 5.56 Å². The molecule has 0 saturated carbocycles. The quantitative estimate of drug-likeness (QED) is 0.563. The molecule has 0 aliphatic rings. The molecular weight excluding hydrogens is 318 g/mol. The SMILES string of the molecule is CNC(c1ccccc1)c1cc(-c2ccccc2)n(-c2ccccc2)n1. The summed E-state index contributed by atoms with van der Waals surface area (Å²) >= 11 is 0. The molecule has 4 aromatic rings. The Balaban J connectivity index is 1.86. The van der Waals surface area contributed by atoms with Crippen LogP contribution in [-0.2, 0) is 0 Å². The zero-order valence-electron chi connectivity index (χ0n) is 14.7. The van der Waals surface area contributed by atoms with Gasteiger partial charge in [-0.05, 0) is 30.8 Å². The fourth-order valence-corrected chi connectivity index (χ4v) is 3.25. The van der Waals surface area contributed by atoms with E-state index in [-0.39, 0.29) is 6.04 Å².